The number of benzene rings is 1. The standard InChI is InChI=1S/C14H16N2O4/c1-18-13(17)8-11-7-12(16-20-11)9-3-5-10(6-4-9)14(15)19-2/h3-6,11,15H,7-8H2,1-2H3. The van der Waals surface area contributed by atoms with Gasteiger partial charge in [0.25, 0.3) is 0 Å². The molecule has 1 heterocycles. The van der Waals surface area contributed by atoms with Crippen LogP contribution >= 0.6 is 0 Å². The van der Waals surface area contributed by atoms with Crippen LogP contribution in [0.4, 0.5) is 0 Å². The van der Waals surface area contributed by atoms with Crippen LogP contribution < -0.4 is 0 Å². The second kappa shape index (κ2) is 6.18. The lowest BCUT2D eigenvalue weighted by molar-refractivity contribution is -0.143. The number of hydrogen-bond donors (Lipinski definition) is 1. The average molecular weight is 276 g/mol. The summed E-state index contributed by atoms with van der Waals surface area (Å²) < 4.78 is 9.45. The van der Waals surface area contributed by atoms with Crippen LogP contribution in [-0.2, 0) is 19.1 Å². The van der Waals surface area contributed by atoms with Crippen LogP contribution in [0.1, 0.15) is 24.0 Å². The Kier molecular flexibility index (Phi) is 4.34. The molecule has 1 aromatic carbocycles. The molecule has 0 radical (unpaired) electrons. The first-order valence-electron chi connectivity index (χ1n) is 6.17. The van der Waals surface area contributed by atoms with Crippen molar-refractivity contribution in [3.05, 3.63) is 35.4 Å². The van der Waals surface area contributed by atoms with Gasteiger partial charge in [-0.1, -0.05) is 17.3 Å². The Hall–Kier alpha value is -2.37. The summed E-state index contributed by atoms with van der Waals surface area (Å²) in [4.78, 5) is 16.4. The third-order valence-corrected chi connectivity index (χ3v) is 3.04. The molecule has 0 aliphatic carbocycles. The highest BCUT2D eigenvalue weighted by Gasteiger charge is 2.25. The molecule has 0 saturated heterocycles. The van der Waals surface area contributed by atoms with E-state index in [1.165, 1.54) is 14.2 Å². The molecule has 1 aliphatic rings. The van der Waals surface area contributed by atoms with Crippen molar-refractivity contribution in [2.45, 2.75) is 18.9 Å². The number of hydrogen-bond acceptors (Lipinski definition) is 6. The summed E-state index contributed by atoms with van der Waals surface area (Å²) in [5.41, 5.74) is 2.39. The van der Waals surface area contributed by atoms with Crippen LogP contribution in [0.3, 0.4) is 0 Å². The molecule has 0 fully saturated rings. The lowest BCUT2D eigenvalue weighted by Gasteiger charge is -2.06. The second-order valence-electron chi connectivity index (χ2n) is 4.36. The van der Waals surface area contributed by atoms with E-state index in [2.05, 4.69) is 9.89 Å². The van der Waals surface area contributed by atoms with Crippen LogP contribution in [0.2, 0.25) is 0 Å². The Morgan fingerprint density at radius 2 is 2.05 bits per heavy atom. The number of nitrogens with one attached hydrogen (secondary N) is 1. The van der Waals surface area contributed by atoms with Crippen LogP contribution in [0, 0.1) is 5.41 Å². The van der Waals surface area contributed by atoms with Crippen molar-refractivity contribution >= 4 is 17.6 Å². The van der Waals surface area contributed by atoms with Gasteiger partial charge in [-0.2, -0.15) is 0 Å². The molecule has 6 heteroatoms. The summed E-state index contributed by atoms with van der Waals surface area (Å²) in [6.07, 6.45) is 0.487. The van der Waals surface area contributed by atoms with E-state index in [4.69, 9.17) is 15.0 Å². The molecule has 0 amide bonds. The maximum Gasteiger partial charge on any atom is 0.309 e. The number of rotatable bonds is 4. The summed E-state index contributed by atoms with van der Waals surface area (Å²) >= 11 is 0. The third-order valence-electron chi connectivity index (χ3n) is 3.04. The molecular formula is C14H16N2O4. The molecule has 1 N–H and O–H groups in total. The quantitative estimate of drug-likeness (QED) is 0.515. The van der Waals surface area contributed by atoms with Crippen LogP contribution in [-0.4, -0.2) is 37.9 Å². The Labute approximate surface area is 116 Å². The number of nitrogens with zero attached hydrogens (tertiary/aromatic N) is 1. The molecule has 1 unspecified atom stereocenters. The zero-order valence-electron chi connectivity index (χ0n) is 11.4. The van der Waals surface area contributed by atoms with E-state index in [1.807, 2.05) is 12.1 Å². The Bertz CT molecular complexity index is 537. The van der Waals surface area contributed by atoms with E-state index in [0.717, 1.165) is 11.3 Å². The minimum atomic E-state index is -0.310. The van der Waals surface area contributed by atoms with Crippen molar-refractivity contribution < 1.29 is 19.1 Å². The Morgan fingerprint density at radius 1 is 1.35 bits per heavy atom. The zero-order valence-corrected chi connectivity index (χ0v) is 11.4. The van der Waals surface area contributed by atoms with Gasteiger partial charge in [0.2, 0.25) is 5.90 Å². The fourth-order valence-electron chi connectivity index (χ4n) is 1.91. The highest BCUT2D eigenvalue weighted by atomic mass is 16.6. The molecule has 1 atom stereocenters. The minimum Gasteiger partial charge on any atom is -0.481 e. The van der Waals surface area contributed by atoms with Crippen molar-refractivity contribution in [3.63, 3.8) is 0 Å². The molecule has 2 rings (SSSR count). The average Bonchev–Trinajstić information content (AvgIpc) is 2.95. The van der Waals surface area contributed by atoms with Crippen LogP contribution in [0.25, 0.3) is 0 Å². The van der Waals surface area contributed by atoms with E-state index < -0.39 is 0 Å². The fourth-order valence-corrected chi connectivity index (χ4v) is 1.91. The summed E-state index contributed by atoms with van der Waals surface area (Å²) in [6.45, 7) is 0. The number of ether oxygens (including phenoxy) is 2. The van der Waals surface area contributed by atoms with Crippen molar-refractivity contribution in [2.75, 3.05) is 14.2 Å². The lowest BCUT2D eigenvalue weighted by Crippen LogP contribution is -2.15. The predicted molar refractivity (Wildman–Crippen MR) is 72.9 cm³/mol. The van der Waals surface area contributed by atoms with Gasteiger partial charge in [-0.05, 0) is 17.7 Å². The first kappa shape index (κ1) is 14.0. The van der Waals surface area contributed by atoms with E-state index in [9.17, 15) is 4.79 Å². The predicted octanol–water partition coefficient (Wildman–Crippen LogP) is 1.71. The third kappa shape index (κ3) is 3.14. The number of methoxy groups -OCH3 is 2. The Morgan fingerprint density at radius 3 is 2.65 bits per heavy atom. The first-order chi connectivity index (χ1) is 9.63. The van der Waals surface area contributed by atoms with E-state index in [-0.39, 0.29) is 24.4 Å². The first-order valence-corrected chi connectivity index (χ1v) is 6.17. The van der Waals surface area contributed by atoms with Crippen molar-refractivity contribution in [1.82, 2.24) is 0 Å². The normalized spacial score (nSPS) is 17.1. The molecule has 0 saturated carbocycles. The molecule has 0 aromatic heterocycles. The fraction of sp³-hybridized carbons (Fsp3) is 0.357. The highest BCUT2D eigenvalue weighted by molar-refractivity contribution is 6.02. The Balaban J connectivity index is 2.00. The molecule has 6 nitrogen and oxygen atoms in total. The van der Waals surface area contributed by atoms with Gasteiger partial charge in [0.1, 0.15) is 6.10 Å². The van der Waals surface area contributed by atoms with E-state index >= 15 is 0 Å². The molecule has 1 aliphatic heterocycles. The number of oxime groups is 1. The van der Waals surface area contributed by atoms with E-state index in [0.29, 0.717) is 12.0 Å². The molecule has 0 bridgehead atoms. The topological polar surface area (TPSA) is 81.0 Å². The summed E-state index contributed by atoms with van der Waals surface area (Å²) in [7, 11) is 2.81. The number of carbonyl (C=O) groups excluding carboxylic acids is 1. The molecular weight excluding hydrogens is 260 g/mol. The van der Waals surface area contributed by atoms with Crippen LogP contribution in [0.15, 0.2) is 29.4 Å². The summed E-state index contributed by atoms with van der Waals surface area (Å²) in [6, 6.07) is 7.28. The monoisotopic (exact) mass is 276 g/mol. The van der Waals surface area contributed by atoms with Gasteiger partial charge in [0, 0.05) is 12.0 Å². The second-order valence-corrected chi connectivity index (χ2v) is 4.36. The van der Waals surface area contributed by atoms with Crippen molar-refractivity contribution in [3.8, 4) is 0 Å². The van der Waals surface area contributed by atoms with Gasteiger partial charge in [-0.25, -0.2) is 0 Å². The van der Waals surface area contributed by atoms with Gasteiger partial charge >= 0.3 is 5.97 Å². The van der Waals surface area contributed by atoms with Crippen molar-refractivity contribution in [1.29, 1.82) is 5.41 Å². The molecule has 0 spiro atoms. The summed E-state index contributed by atoms with van der Waals surface area (Å²) in [5, 5.41) is 11.6. The van der Waals surface area contributed by atoms with Gasteiger partial charge in [-0.3, -0.25) is 10.2 Å². The summed E-state index contributed by atoms with van der Waals surface area (Å²) in [5.74, 6) is -0.194. The van der Waals surface area contributed by atoms with Gasteiger partial charge in [0.15, 0.2) is 0 Å². The zero-order chi connectivity index (χ0) is 14.5. The molecule has 20 heavy (non-hydrogen) atoms. The van der Waals surface area contributed by atoms with Gasteiger partial charge in [0.05, 0.1) is 26.4 Å². The largest absolute Gasteiger partial charge is 0.481 e. The minimum absolute atomic E-state index is 0.115. The SMILES string of the molecule is COC(=N)c1ccc(C2=NOC(CC(=O)OC)C2)cc1. The maximum atomic E-state index is 11.2. The number of carbonyl (C=O) groups is 1. The molecule has 1 aromatic rings. The van der Waals surface area contributed by atoms with Gasteiger partial charge in [-0.15, -0.1) is 0 Å². The maximum absolute atomic E-state index is 11.2. The number of esters is 1. The van der Waals surface area contributed by atoms with Crippen molar-refractivity contribution in [2.24, 2.45) is 5.16 Å². The lowest BCUT2D eigenvalue weighted by atomic mass is 10.0. The molecule has 106 valence electrons. The van der Waals surface area contributed by atoms with Gasteiger partial charge < -0.3 is 14.3 Å². The van der Waals surface area contributed by atoms with E-state index in [1.54, 1.807) is 12.1 Å². The smallest absolute Gasteiger partial charge is 0.309 e. The highest BCUT2D eigenvalue weighted by Crippen LogP contribution is 2.19. The van der Waals surface area contributed by atoms with Crippen LogP contribution in [0.5, 0.6) is 0 Å².